The van der Waals surface area contributed by atoms with Gasteiger partial charge in [0, 0.05) is 0 Å². The Morgan fingerprint density at radius 3 is 3.23 bits per heavy atom. The number of hydrogen-bond acceptors (Lipinski definition) is 2. The number of hydrogen-bond donors (Lipinski definition) is 0. The van der Waals surface area contributed by atoms with E-state index in [0.29, 0.717) is 5.69 Å². The molecule has 0 amide bonds. The minimum atomic E-state index is -0.363. The van der Waals surface area contributed by atoms with Crippen molar-refractivity contribution in [2.24, 2.45) is 0 Å². The van der Waals surface area contributed by atoms with Gasteiger partial charge in [0.2, 0.25) is 0 Å². The predicted octanol–water partition coefficient (Wildman–Crippen LogP) is 1.27. The number of carbonyl (C=O) groups excluding carboxylic acids is 1. The van der Waals surface area contributed by atoms with Crippen molar-refractivity contribution in [2.75, 3.05) is 0 Å². The number of nitrogens with zero attached hydrogens (tertiary/aromatic N) is 2. The molecule has 1 aromatic heterocycles. The molecular formula is C9H12N2OY. The standard InChI is InChI=1S/C9H12N2O.Y/c1-4-9-10-8(6-12)7(3)11(9)5-2;/h6H,2-5H2,1H3;. The van der Waals surface area contributed by atoms with Gasteiger partial charge >= 0.3 is 93.4 Å². The summed E-state index contributed by atoms with van der Waals surface area (Å²) in [6.45, 7) is 3.22. The number of fused-ring (bicyclic) bond motifs is 1. The number of aldehydes is 1. The average molecular weight is 253 g/mol. The number of imidazole rings is 1. The molecule has 0 radical (unpaired) electrons. The van der Waals surface area contributed by atoms with Gasteiger partial charge in [0.1, 0.15) is 0 Å². The molecule has 0 spiro atoms. The van der Waals surface area contributed by atoms with Crippen LogP contribution in [0.2, 0.25) is 3.23 Å². The SMILES string of the molecule is CCc1nc(C=O)c2n1C[CH2][Y][CH2]2. The molecule has 4 heteroatoms. The van der Waals surface area contributed by atoms with Gasteiger partial charge in [-0.25, -0.2) is 0 Å². The summed E-state index contributed by atoms with van der Waals surface area (Å²) < 4.78 is 4.87. The van der Waals surface area contributed by atoms with Crippen molar-refractivity contribution >= 4 is 6.29 Å². The first-order valence-electron chi connectivity index (χ1n) is 4.72. The minimum absolute atomic E-state index is 0.363. The summed E-state index contributed by atoms with van der Waals surface area (Å²) in [6.07, 6.45) is 1.85. The fourth-order valence-electron chi connectivity index (χ4n) is 1.86. The van der Waals surface area contributed by atoms with Crippen LogP contribution in [0.3, 0.4) is 0 Å². The Morgan fingerprint density at radius 1 is 1.69 bits per heavy atom. The van der Waals surface area contributed by atoms with E-state index in [2.05, 4.69) is 16.5 Å². The van der Waals surface area contributed by atoms with Crippen LogP contribution in [-0.4, -0.2) is 15.8 Å². The molecule has 0 bridgehead atoms. The summed E-state index contributed by atoms with van der Waals surface area (Å²) in [5, 5.41) is 0. The molecule has 1 aromatic rings. The maximum atomic E-state index is 10.8. The summed E-state index contributed by atoms with van der Waals surface area (Å²) in [5.41, 5.74) is 1.95. The van der Waals surface area contributed by atoms with E-state index in [1.54, 1.807) is 0 Å². The first-order chi connectivity index (χ1) is 6.36. The third kappa shape index (κ3) is 1.64. The second-order valence-electron chi connectivity index (χ2n) is 3.26. The molecule has 0 N–H and O–H groups in total. The Bertz CT molecular complexity index is 333. The van der Waals surface area contributed by atoms with Crippen LogP contribution in [0.5, 0.6) is 0 Å². The van der Waals surface area contributed by atoms with Gasteiger partial charge in [0.25, 0.3) is 0 Å². The first kappa shape index (κ1) is 9.54. The molecule has 0 aromatic carbocycles. The van der Waals surface area contributed by atoms with Crippen LogP contribution in [0.25, 0.3) is 0 Å². The van der Waals surface area contributed by atoms with Crippen molar-refractivity contribution in [3.63, 3.8) is 0 Å². The molecule has 3 nitrogen and oxygen atoms in total. The summed E-state index contributed by atoms with van der Waals surface area (Å²) in [5.74, 6) is 1.10. The molecule has 1 aliphatic heterocycles. The Kier molecular flexibility index (Phi) is 2.94. The number of rotatable bonds is 2. The van der Waals surface area contributed by atoms with Crippen molar-refractivity contribution in [1.29, 1.82) is 0 Å². The van der Waals surface area contributed by atoms with Gasteiger partial charge in [-0.1, -0.05) is 0 Å². The summed E-state index contributed by atoms with van der Waals surface area (Å²) in [4.78, 5) is 15.1. The second-order valence-corrected chi connectivity index (χ2v) is 7.11. The zero-order valence-corrected chi connectivity index (χ0v) is 10.6. The molecule has 1 aliphatic rings. The van der Waals surface area contributed by atoms with Crippen LogP contribution in [-0.2, 0) is 45.4 Å². The fraction of sp³-hybridized carbons (Fsp3) is 0.556. The number of aromatic nitrogens is 2. The number of aryl methyl sites for hydroxylation is 1. The van der Waals surface area contributed by atoms with Crippen LogP contribution in [0.15, 0.2) is 0 Å². The molecule has 0 aliphatic carbocycles. The fourth-order valence-corrected chi connectivity index (χ4v) is 5.17. The van der Waals surface area contributed by atoms with Gasteiger partial charge < -0.3 is 0 Å². The first-order valence-corrected chi connectivity index (χ1v) is 8.73. The molecular weight excluding hydrogens is 241 g/mol. The van der Waals surface area contributed by atoms with Crippen molar-refractivity contribution in [1.82, 2.24) is 9.55 Å². The molecule has 0 atom stereocenters. The molecule has 0 unspecified atom stereocenters. The molecule has 0 fully saturated rings. The van der Waals surface area contributed by atoms with Gasteiger partial charge in [0.15, 0.2) is 0 Å². The third-order valence-corrected chi connectivity index (χ3v) is 5.80. The van der Waals surface area contributed by atoms with Crippen LogP contribution in [0.1, 0.15) is 28.9 Å². The van der Waals surface area contributed by atoms with Crippen molar-refractivity contribution in [3.8, 4) is 0 Å². The molecule has 0 saturated heterocycles. The van der Waals surface area contributed by atoms with Crippen LogP contribution >= 0.6 is 0 Å². The quantitative estimate of drug-likeness (QED) is 0.744. The van der Waals surface area contributed by atoms with E-state index in [9.17, 15) is 4.79 Å². The Labute approximate surface area is 92.9 Å². The molecule has 67 valence electrons. The van der Waals surface area contributed by atoms with Crippen LogP contribution in [0.4, 0.5) is 0 Å². The summed E-state index contributed by atoms with van der Waals surface area (Å²) in [7, 11) is 0. The zero-order chi connectivity index (χ0) is 9.26. The summed E-state index contributed by atoms with van der Waals surface area (Å²) >= 11 is -0.363. The van der Waals surface area contributed by atoms with E-state index in [0.717, 1.165) is 25.1 Å². The Hall–Kier alpha value is -0.0161. The van der Waals surface area contributed by atoms with Gasteiger partial charge in [-0.05, 0) is 0 Å². The zero-order valence-electron chi connectivity index (χ0n) is 7.79. The van der Waals surface area contributed by atoms with Crippen LogP contribution < -0.4 is 0 Å². The molecule has 2 heterocycles. The van der Waals surface area contributed by atoms with Gasteiger partial charge in [-0.3, -0.25) is 0 Å². The topological polar surface area (TPSA) is 34.9 Å². The van der Waals surface area contributed by atoms with Crippen LogP contribution in [0, 0.1) is 0 Å². The summed E-state index contributed by atoms with van der Waals surface area (Å²) in [6, 6.07) is 0. The van der Waals surface area contributed by atoms with Gasteiger partial charge in [-0.2, -0.15) is 0 Å². The maximum absolute atomic E-state index is 10.8. The van der Waals surface area contributed by atoms with E-state index in [-0.39, 0.29) is 29.2 Å². The second kappa shape index (κ2) is 4.01. The average Bonchev–Trinajstić information content (AvgIpc) is 2.56. The van der Waals surface area contributed by atoms with Crippen molar-refractivity contribution in [3.05, 3.63) is 17.2 Å². The predicted molar refractivity (Wildman–Crippen MR) is 45.5 cm³/mol. The molecule has 0 saturated carbocycles. The van der Waals surface area contributed by atoms with E-state index in [1.165, 1.54) is 12.2 Å². The monoisotopic (exact) mass is 253 g/mol. The van der Waals surface area contributed by atoms with E-state index in [4.69, 9.17) is 0 Å². The molecule has 13 heavy (non-hydrogen) atoms. The van der Waals surface area contributed by atoms with Gasteiger partial charge in [0.05, 0.1) is 0 Å². The normalized spacial score (nSPS) is 14.2. The van der Waals surface area contributed by atoms with Crippen molar-refractivity contribution in [2.45, 2.75) is 26.4 Å². The van der Waals surface area contributed by atoms with Gasteiger partial charge in [-0.15, -0.1) is 0 Å². The third-order valence-electron chi connectivity index (χ3n) is 2.50. The van der Waals surface area contributed by atoms with E-state index >= 15 is 0 Å². The van der Waals surface area contributed by atoms with Crippen molar-refractivity contribution < 1.29 is 34.0 Å². The van der Waals surface area contributed by atoms with E-state index in [1.807, 2.05) is 0 Å². The molecule has 2 rings (SSSR count). The number of carbonyl (C=O) groups is 1. The Balaban J connectivity index is 2.50. The Morgan fingerprint density at radius 2 is 2.54 bits per heavy atom. The van der Waals surface area contributed by atoms with E-state index < -0.39 is 0 Å².